The van der Waals surface area contributed by atoms with Crippen LogP contribution in [0.2, 0.25) is 0 Å². The normalized spacial score (nSPS) is 11.9. The third-order valence-corrected chi connectivity index (χ3v) is 3.72. The third-order valence-electron chi connectivity index (χ3n) is 2.37. The monoisotopic (exact) mass is 250 g/mol. The molecule has 0 radical (unpaired) electrons. The van der Waals surface area contributed by atoms with Crippen LogP contribution in [-0.4, -0.2) is 11.2 Å². The highest BCUT2D eigenvalue weighted by molar-refractivity contribution is 8.00. The number of nitrogens with one attached hydrogen (secondary N) is 1. The van der Waals surface area contributed by atoms with Crippen molar-refractivity contribution in [2.75, 3.05) is 0 Å². The zero-order valence-corrected chi connectivity index (χ0v) is 10.9. The number of hydrogen-bond acceptors (Lipinski definition) is 4. The van der Waals surface area contributed by atoms with E-state index in [1.807, 2.05) is 19.9 Å². The number of carbonyl (C=O) groups is 1. The van der Waals surface area contributed by atoms with Gasteiger partial charge in [-0.2, -0.15) is 5.26 Å². The van der Waals surface area contributed by atoms with Crippen LogP contribution < -0.4 is 10.1 Å². The van der Waals surface area contributed by atoms with E-state index < -0.39 is 11.2 Å². The SMILES string of the molecule is CCC(Sc1[nH+]c(C)cc(C)c1C#N)C(=O)[O-]. The summed E-state index contributed by atoms with van der Waals surface area (Å²) >= 11 is 1.14. The summed E-state index contributed by atoms with van der Waals surface area (Å²) in [5, 5.41) is 19.9. The fourth-order valence-electron chi connectivity index (χ4n) is 1.52. The Labute approximate surface area is 105 Å². The number of rotatable bonds is 4. The highest BCUT2D eigenvalue weighted by Gasteiger charge is 2.20. The number of aromatic amines is 1. The van der Waals surface area contributed by atoms with Gasteiger partial charge in [0.1, 0.15) is 11.6 Å². The second-order valence-corrected chi connectivity index (χ2v) is 5.00. The molecule has 4 nitrogen and oxygen atoms in total. The number of carboxylic acids is 1. The highest BCUT2D eigenvalue weighted by atomic mass is 32.2. The van der Waals surface area contributed by atoms with Gasteiger partial charge in [0.05, 0.1) is 11.2 Å². The third kappa shape index (κ3) is 3.21. The molecule has 0 saturated heterocycles. The molecule has 17 heavy (non-hydrogen) atoms. The molecular formula is C12H14N2O2S. The Morgan fingerprint density at radius 1 is 1.65 bits per heavy atom. The molecule has 1 atom stereocenters. The Hall–Kier alpha value is -1.54. The predicted molar refractivity (Wildman–Crippen MR) is 62.1 cm³/mol. The van der Waals surface area contributed by atoms with E-state index in [2.05, 4.69) is 11.1 Å². The smallest absolute Gasteiger partial charge is 0.257 e. The van der Waals surface area contributed by atoms with Crippen molar-refractivity contribution >= 4 is 17.7 Å². The van der Waals surface area contributed by atoms with Gasteiger partial charge >= 0.3 is 0 Å². The van der Waals surface area contributed by atoms with Gasteiger partial charge in [0.25, 0.3) is 5.03 Å². The highest BCUT2D eigenvalue weighted by Crippen LogP contribution is 2.26. The number of thioether (sulfide) groups is 1. The first-order chi connectivity index (χ1) is 7.99. The summed E-state index contributed by atoms with van der Waals surface area (Å²) < 4.78 is 0. The maximum Gasteiger partial charge on any atom is 0.257 e. The molecule has 0 aliphatic carbocycles. The van der Waals surface area contributed by atoms with Crippen LogP contribution in [0.15, 0.2) is 11.1 Å². The average Bonchev–Trinajstić information content (AvgIpc) is 2.24. The lowest BCUT2D eigenvalue weighted by Gasteiger charge is -2.13. The van der Waals surface area contributed by atoms with Gasteiger partial charge in [-0.15, -0.1) is 0 Å². The lowest BCUT2D eigenvalue weighted by molar-refractivity contribution is -0.435. The van der Waals surface area contributed by atoms with Crippen LogP contribution in [0.5, 0.6) is 0 Å². The van der Waals surface area contributed by atoms with E-state index in [1.54, 1.807) is 6.92 Å². The molecule has 1 unspecified atom stereocenters. The Kier molecular flexibility index (Phi) is 4.53. The molecule has 0 amide bonds. The summed E-state index contributed by atoms with van der Waals surface area (Å²) in [6.07, 6.45) is 0.457. The molecule has 0 saturated carbocycles. The molecule has 0 aliphatic heterocycles. The van der Waals surface area contributed by atoms with Crippen LogP contribution >= 0.6 is 11.8 Å². The average molecular weight is 250 g/mol. The van der Waals surface area contributed by atoms with Gasteiger partial charge < -0.3 is 9.90 Å². The minimum atomic E-state index is -1.10. The van der Waals surface area contributed by atoms with Gasteiger partial charge in [-0.1, -0.05) is 6.92 Å². The van der Waals surface area contributed by atoms with Crippen molar-refractivity contribution in [3.8, 4) is 6.07 Å². The van der Waals surface area contributed by atoms with E-state index in [0.717, 1.165) is 23.0 Å². The number of pyridine rings is 1. The second-order valence-electron chi connectivity index (χ2n) is 3.79. The molecule has 1 rings (SSSR count). The first-order valence-electron chi connectivity index (χ1n) is 5.30. The maximum absolute atomic E-state index is 10.9. The zero-order valence-electron chi connectivity index (χ0n) is 10.0. The molecule has 5 heteroatoms. The maximum atomic E-state index is 10.9. The van der Waals surface area contributed by atoms with Gasteiger partial charge in [0.15, 0.2) is 5.69 Å². The first kappa shape index (κ1) is 13.5. The topological polar surface area (TPSA) is 78.1 Å². The van der Waals surface area contributed by atoms with Gasteiger partial charge in [-0.3, -0.25) is 0 Å². The Morgan fingerprint density at radius 3 is 2.76 bits per heavy atom. The van der Waals surface area contributed by atoms with Crippen LogP contribution in [0.25, 0.3) is 0 Å². The summed E-state index contributed by atoms with van der Waals surface area (Å²) in [4.78, 5) is 13.9. The molecule has 0 spiro atoms. The minimum Gasteiger partial charge on any atom is -0.549 e. The molecule has 0 bridgehead atoms. The fourth-order valence-corrected chi connectivity index (χ4v) is 2.61. The standard InChI is InChI=1S/C12H14N2O2S/c1-4-10(12(15)16)17-11-9(6-13)7(2)5-8(3)14-11/h5,10H,4H2,1-3H3,(H,15,16). The first-order valence-corrected chi connectivity index (χ1v) is 6.18. The van der Waals surface area contributed by atoms with Crippen LogP contribution in [0.1, 0.15) is 30.2 Å². The molecule has 1 aromatic rings. The Bertz CT molecular complexity index is 480. The van der Waals surface area contributed by atoms with Gasteiger partial charge in [-0.25, -0.2) is 4.98 Å². The second kappa shape index (κ2) is 5.69. The van der Waals surface area contributed by atoms with Crippen LogP contribution in [0.3, 0.4) is 0 Å². The number of nitrogens with zero attached hydrogens (tertiary/aromatic N) is 1. The largest absolute Gasteiger partial charge is 0.549 e. The van der Waals surface area contributed by atoms with Gasteiger partial charge in [0, 0.05) is 13.0 Å². The number of carboxylic acid groups (broad SMARTS) is 1. The summed E-state index contributed by atoms with van der Waals surface area (Å²) in [6.45, 7) is 5.49. The molecule has 1 aromatic heterocycles. The van der Waals surface area contributed by atoms with Crippen molar-refractivity contribution in [1.82, 2.24) is 0 Å². The fraction of sp³-hybridized carbons (Fsp3) is 0.417. The minimum absolute atomic E-state index is 0.457. The molecule has 90 valence electrons. The van der Waals surface area contributed by atoms with Crippen molar-refractivity contribution in [1.29, 1.82) is 5.26 Å². The molecule has 0 fully saturated rings. The molecule has 0 aliphatic rings. The van der Waals surface area contributed by atoms with Crippen LogP contribution in [0.4, 0.5) is 0 Å². The molecular weight excluding hydrogens is 236 g/mol. The van der Waals surface area contributed by atoms with Gasteiger partial charge in [0.2, 0.25) is 0 Å². The molecule has 1 heterocycles. The number of nitriles is 1. The van der Waals surface area contributed by atoms with Crippen LogP contribution in [0, 0.1) is 25.2 Å². The van der Waals surface area contributed by atoms with Crippen molar-refractivity contribution in [3.05, 3.63) is 22.9 Å². The van der Waals surface area contributed by atoms with E-state index in [0.29, 0.717) is 17.0 Å². The van der Waals surface area contributed by atoms with E-state index in [-0.39, 0.29) is 0 Å². The summed E-state index contributed by atoms with van der Waals surface area (Å²) in [5.41, 5.74) is 2.25. The van der Waals surface area contributed by atoms with Crippen LogP contribution in [-0.2, 0) is 4.79 Å². The number of aryl methyl sites for hydroxylation is 2. The van der Waals surface area contributed by atoms with Gasteiger partial charge in [-0.05, 0) is 30.7 Å². The van der Waals surface area contributed by atoms with Crippen molar-refractivity contribution in [2.24, 2.45) is 0 Å². The number of aliphatic carboxylic acids is 1. The van der Waals surface area contributed by atoms with Crippen molar-refractivity contribution < 1.29 is 14.9 Å². The molecule has 1 N–H and O–H groups in total. The Balaban J connectivity index is 3.13. The lowest BCUT2D eigenvalue weighted by Crippen LogP contribution is -2.33. The zero-order chi connectivity index (χ0) is 13.0. The quantitative estimate of drug-likeness (QED) is 0.733. The van der Waals surface area contributed by atoms with Crippen molar-refractivity contribution in [3.63, 3.8) is 0 Å². The van der Waals surface area contributed by atoms with E-state index in [1.165, 1.54) is 0 Å². The number of aromatic nitrogens is 1. The van der Waals surface area contributed by atoms with E-state index >= 15 is 0 Å². The summed E-state index contributed by atoms with van der Waals surface area (Å²) in [7, 11) is 0. The lowest BCUT2D eigenvalue weighted by atomic mass is 10.1. The summed E-state index contributed by atoms with van der Waals surface area (Å²) in [6, 6.07) is 3.96. The number of carbonyl (C=O) groups excluding carboxylic acids is 1. The Morgan fingerprint density at radius 2 is 2.29 bits per heavy atom. The molecule has 0 aromatic carbocycles. The number of hydrogen-bond donors (Lipinski definition) is 0. The number of H-pyrrole nitrogens is 1. The summed E-state index contributed by atoms with van der Waals surface area (Å²) in [5.74, 6) is -1.10. The van der Waals surface area contributed by atoms with Crippen molar-refractivity contribution in [2.45, 2.75) is 37.5 Å². The van der Waals surface area contributed by atoms with E-state index in [4.69, 9.17) is 5.26 Å². The van der Waals surface area contributed by atoms with E-state index in [9.17, 15) is 9.90 Å². The predicted octanol–water partition coefficient (Wildman–Crippen LogP) is 0.610.